The van der Waals surface area contributed by atoms with Crippen molar-refractivity contribution < 1.29 is 28.0 Å². The zero-order chi connectivity index (χ0) is 20.4. The molecule has 2 saturated heterocycles. The molecule has 2 aliphatic rings. The first-order chi connectivity index (χ1) is 12.6. The molecule has 1 amide bonds. The Bertz CT molecular complexity index is 569. The number of hydrogen-bond donors (Lipinski definition) is 2. The van der Waals surface area contributed by atoms with Crippen LogP contribution in [-0.4, -0.2) is 48.1 Å². The Morgan fingerprint density at radius 3 is 1.70 bits per heavy atom. The first-order valence-electron chi connectivity index (χ1n) is 9.62. The third kappa shape index (κ3) is 4.20. The molecule has 2 fully saturated rings. The summed E-state index contributed by atoms with van der Waals surface area (Å²) in [5, 5.41) is 5.90. The Morgan fingerprint density at radius 1 is 1.00 bits per heavy atom. The van der Waals surface area contributed by atoms with Crippen LogP contribution < -0.4 is 10.2 Å². The summed E-state index contributed by atoms with van der Waals surface area (Å²) < 4.78 is 16.8. The average molecular weight is 405 g/mol. The fourth-order valence-corrected chi connectivity index (χ4v) is 6.70. The van der Waals surface area contributed by atoms with Crippen molar-refractivity contribution in [2.24, 2.45) is 11.8 Å². The minimum absolute atomic E-state index is 0.140. The molecule has 0 aromatic carbocycles. The van der Waals surface area contributed by atoms with Crippen molar-refractivity contribution in [2.45, 2.75) is 66.5 Å². The standard InChI is InChI=1S/C17H32N3O6P/c1-7-9-20(10-8-2)17(23)26-27(18-13(11(3)4)15(21)24-27)19-14(12(5)6)16(22)25-27/h11-14,18-19H,7-10H2,1-6H3. The first kappa shape index (κ1) is 21.9. The predicted octanol–water partition coefficient (Wildman–Crippen LogP) is 2.72. The second-order valence-corrected chi connectivity index (χ2v) is 10.6. The van der Waals surface area contributed by atoms with Crippen LogP contribution in [0.25, 0.3) is 0 Å². The zero-order valence-corrected chi connectivity index (χ0v) is 17.9. The normalized spacial score (nSPS) is 27.3. The third-order valence-electron chi connectivity index (χ3n) is 4.57. The van der Waals surface area contributed by atoms with E-state index in [1.165, 1.54) is 4.90 Å². The molecule has 2 aliphatic heterocycles. The van der Waals surface area contributed by atoms with Gasteiger partial charge in [0.15, 0.2) is 0 Å². The molecule has 0 aromatic rings. The van der Waals surface area contributed by atoms with Gasteiger partial charge in [0.1, 0.15) is 0 Å². The molecule has 2 rings (SSSR count). The predicted molar refractivity (Wildman–Crippen MR) is 101 cm³/mol. The molecule has 10 heteroatoms. The van der Waals surface area contributed by atoms with Crippen molar-refractivity contribution in [2.75, 3.05) is 13.1 Å². The quantitative estimate of drug-likeness (QED) is 0.623. The minimum atomic E-state index is -4.67. The van der Waals surface area contributed by atoms with Crippen LogP contribution in [0.15, 0.2) is 0 Å². The summed E-state index contributed by atoms with van der Waals surface area (Å²) in [6.07, 6.45) is 0.814. The molecule has 9 nitrogen and oxygen atoms in total. The molecule has 2 heterocycles. The Labute approximate surface area is 160 Å². The van der Waals surface area contributed by atoms with Crippen LogP contribution in [0.3, 0.4) is 0 Å². The van der Waals surface area contributed by atoms with Gasteiger partial charge in [0, 0.05) is 0 Å². The Hall–Kier alpha value is -1.44. The summed E-state index contributed by atoms with van der Waals surface area (Å²) in [7, 11) is -4.67. The van der Waals surface area contributed by atoms with Crippen LogP contribution in [0.4, 0.5) is 4.79 Å². The van der Waals surface area contributed by atoms with Gasteiger partial charge in [-0.3, -0.25) is 0 Å². The summed E-state index contributed by atoms with van der Waals surface area (Å²) >= 11 is 0. The van der Waals surface area contributed by atoms with Crippen molar-refractivity contribution in [1.29, 1.82) is 0 Å². The van der Waals surface area contributed by atoms with Gasteiger partial charge in [-0.05, 0) is 0 Å². The molecule has 27 heavy (non-hydrogen) atoms. The molecule has 2 N–H and O–H groups in total. The summed E-state index contributed by atoms with van der Waals surface area (Å²) in [5.41, 5.74) is 0. The fraction of sp³-hybridized carbons (Fsp3) is 0.824. The number of carbonyl (C=O) groups is 3. The third-order valence-corrected chi connectivity index (χ3v) is 7.52. The molecule has 0 aromatic heterocycles. The van der Waals surface area contributed by atoms with E-state index in [1.54, 1.807) is 0 Å². The van der Waals surface area contributed by atoms with Gasteiger partial charge in [0.25, 0.3) is 0 Å². The number of nitrogens with one attached hydrogen (secondary N) is 2. The molecular weight excluding hydrogens is 373 g/mol. The summed E-state index contributed by atoms with van der Waals surface area (Å²) in [4.78, 5) is 39.4. The van der Waals surface area contributed by atoms with Crippen LogP contribution in [-0.2, 0) is 23.2 Å². The van der Waals surface area contributed by atoms with E-state index in [9.17, 15) is 14.4 Å². The van der Waals surface area contributed by atoms with Gasteiger partial charge in [0.05, 0.1) is 0 Å². The van der Waals surface area contributed by atoms with Crippen molar-refractivity contribution in [1.82, 2.24) is 15.1 Å². The molecule has 0 bridgehead atoms. The molecule has 0 radical (unpaired) electrons. The van der Waals surface area contributed by atoms with Gasteiger partial charge in [-0.2, -0.15) is 0 Å². The average Bonchev–Trinajstić information content (AvgIpc) is 3.01. The van der Waals surface area contributed by atoms with Gasteiger partial charge in [-0.25, -0.2) is 0 Å². The van der Waals surface area contributed by atoms with Crippen molar-refractivity contribution >= 4 is 25.6 Å². The van der Waals surface area contributed by atoms with E-state index in [-0.39, 0.29) is 11.8 Å². The Balaban J connectivity index is 2.39. The second-order valence-electron chi connectivity index (χ2n) is 7.75. The van der Waals surface area contributed by atoms with E-state index in [1.807, 2.05) is 41.5 Å². The number of rotatable bonds is 7. The number of hydrogen-bond acceptors (Lipinski definition) is 8. The van der Waals surface area contributed by atoms with Crippen molar-refractivity contribution in [3.63, 3.8) is 0 Å². The van der Waals surface area contributed by atoms with E-state index in [0.717, 1.165) is 12.8 Å². The van der Waals surface area contributed by atoms with Gasteiger partial charge in [0.2, 0.25) is 0 Å². The van der Waals surface area contributed by atoms with Crippen LogP contribution in [0.1, 0.15) is 54.4 Å². The van der Waals surface area contributed by atoms with Crippen LogP contribution in [0, 0.1) is 11.8 Å². The van der Waals surface area contributed by atoms with Gasteiger partial charge < -0.3 is 0 Å². The van der Waals surface area contributed by atoms with E-state index in [2.05, 4.69) is 10.2 Å². The van der Waals surface area contributed by atoms with Crippen LogP contribution in [0.5, 0.6) is 0 Å². The number of amides is 1. The molecule has 2 atom stereocenters. The van der Waals surface area contributed by atoms with Crippen molar-refractivity contribution in [3.8, 4) is 0 Å². The van der Waals surface area contributed by atoms with E-state index < -0.39 is 37.7 Å². The van der Waals surface area contributed by atoms with Gasteiger partial charge >= 0.3 is 160 Å². The van der Waals surface area contributed by atoms with Crippen molar-refractivity contribution in [3.05, 3.63) is 0 Å². The number of carbonyl (C=O) groups excluding carboxylic acids is 3. The van der Waals surface area contributed by atoms with E-state index in [0.29, 0.717) is 13.1 Å². The molecule has 2 unspecified atom stereocenters. The summed E-state index contributed by atoms with van der Waals surface area (Å²) in [5.74, 6) is -1.48. The summed E-state index contributed by atoms with van der Waals surface area (Å²) in [6, 6.07) is -1.49. The second kappa shape index (κ2) is 7.89. The monoisotopic (exact) mass is 405 g/mol. The van der Waals surface area contributed by atoms with E-state index in [4.69, 9.17) is 13.6 Å². The SMILES string of the molecule is CCCN(CCC)C(=O)OP12(NC(C(C)C)C(=O)O1)NC(C(C)C)C(=O)O2. The fourth-order valence-electron chi connectivity index (χ4n) is 3.15. The Morgan fingerprint density at radius 2 is 1.41 bits per heavy atom. The topological polar surface area (TPSA) is 106 Å². The summed E-state index contributed by atoms with van der Waals surface area (Å²) in [6.45, 7) is 12.2. The maximum absolute atomic E-state index is 12.9. The first-order valence-corrected chi connectivity index (χ1v) is 11.6. The molecular formula is C17H32N3O6P. The molecule has 0 saturated carbocycles. The van der Waals surface area contributed by atoms with Crippen LogP contribution >= 0.6 is 7.59 Å². The number of nitrogens with zero attached hydrogens (tertiary/aromatic N) is 1. The van der Waals surface area contributed by atoms with E-state index >= 15 is 0 Å². The molecule has 1 spiro atoms. The maximum atomic E-state index is 12.9. The zero-order valence-electron chi connectivity index (χ0n) is 17.0. The van der Waals surface area contributed by atoms with Crippen LogP contribution in [0.2, 0.25) is 0 Å². The van der Waals surface area contributed by atoms with Gasteiger partial charge in [-0.15, -0.1) is 0 Å². The Kier molecular flexibility index (Phi) is 6.39. The molecule has 156 valence electrons. The van der Waals surface area contributed by atoms with Gasteiger partial charge in [-0.1, -0.05) is 0 Å². The molecule has 0 aliphatic carbocycles.